The van der Waals surface area contributed by atoms with E-state index in [0.717, 1.165) is 0 Å². The van der Waals surface area contributed by atoms with Crippen LogP contribution in [0.25, 0.3) is 0 Å². The van der Waals surface area contributed by atoms with E-state index in [9.17, 15) is 4.79 Å². The van der Waals surface area contributed by atoms with E-state index in [2.05, 4.69) is 30.2 Å². The number of aromatic nitrogens is 4. The molecule has 0 saturated carbocycles. The highest BCUT2D eigenvalue weighted by molar-refractivity contribution is 6.00. The maximum Gasteiger partial charge on any atom is 0.296 e. The van der Waals surface area contributed by atoms with Gasteiger partial charge in [0.2, 0.25) is 5.82 Å². The first-order chi connectivity index (χ1) is 7.29. The molecule has 0 atom stereocenters. The Morgan fingerprint density at radius 3 is 3.13 bits per heavy atom. The summed E-state index contributed by atoms with van der Waals surface area (Å²) in [5, 5.41) is 12.4. The van der Waals surface area contributed by atoms with Gasteiger partial charge in [0.1, 0.15) is 12.1 Å². The third-order valence-electron chi connectivity index (χ3n) is 1.75. The quantitative estimate of drug-likeness (QED) is 0.768. The predicted octanol–water partition coefficient (Wildman–Crippen LogP) is 0.607. The molecule has 0 saturated heterocycles. The van der Waals surface area contributed by atoms with Crippen LogP contribution < -0.4 is 5.32 Å². The van der Waals surface area contributed by atoms with Gasteiger partial charge < -0.3 is 9.84 Å². The van der Waals surface area contributed by atoms with Crippen LogP contribution in [0.15, 0.2) is 16.9 Å². The molecule has 1 amide bonds. The zero-order chi connectivity index (χ0) is 10.7. The molecule has 7 heteroatoms. The fraction of sp³-hybridized carbons (Fsp3) is 0.250. The molecule has 0 bridgehead atoms. The van der Waals surface area contributed by atoms with E-state index in [-0.39, 0.29) is 5.82 Å². The third kappa shape index (κ3) is 2.01. The van der Waals surface area contributed by atoms with Gasteiger partial charge >= 0.3 is 0 Å². The lowest BCUT2D eigenvalue weighted by atomic mass is 10.4. The number of amides is 1. The van der Waals surface area contributed by atoms with Gasteiger partial charge in [-0.2, -0.15) is 0 Å². The first-order valence-corrected chi connectivity index (χ1v) is 4.42. The Labute approximate surface area is 84.9 Å². The summed E-state index contributed by atoms with van der Waals surface area (Å²) < 4.78 is 4.56. The molecule has 2 N–H and O–H groups in total. The Morgan fingerprint density at radius 2 is 2.53 bits per heavy atom. The number of hydrogen-bond donors (Lipinski definition) is 2. The summed E-state index contributed by atoms with van der Waals surface area (Å²) in [6, 6.07) is 1.53. The zero-order valence-electron chi connectivity index (χ0n) is 8.02. The standard InChI is InChI=1S/C8H9N5O2/c1-2-5-9-7(12-11-5)8(14)10-6-3-4-15-13-6/h3-4H,2H2,1H3,(H,9,11,12)(H,10,13,14). The van der Waals surface area contributed by atoms with Crippen molar-refractivity contribution in [2.75, 3.05) is 5.32 Å². The normalized spacial score (nSPS) is 10.2. The molecule has 2 heterocycles. The highest BCUT2D eigenvalue weighted by atomic mass is 16.5. The summed E-state index contributed by atoms with van der Waals surface area (Å²) in [4.78, 5) is 15.5. The van der Waals surface area contributed by atoms with E-state index in [1.807, 2.05) is 6.92 Å². The lowest BCUT2D eigenvalue weighted by Crippen LogP contribution is -2.13. The molecule has 0 aliphatic rings. The van der Waals surface area contributed by atoms with Crippen LogP contribution in [0, 0.1) is 0 Å². The van der Waals surface area contributed by atoms with Crippen LogP contribution in [0.1, 0.15) is 23.4 Å². The number of aromatic amines is 1. The fourth-order valence-electron chi connectivity index (χ4n) is 1.00. The van der Waals surface area contributed by atoms with Gasteiger partial charge in [0.05, 0.1) is 0 Å². The smallest absolute Gasteiger partial charge is 0.296 e. The van der Waals surface area contributed by atoms with Crippen molar-refractivity contribution >= 4 is 11.7 Å². The highest BCUT2D eigenvalue weighted by Gasteiger charge is 2.12. The molecule has 0 unspecified atom stereocenters. The number of carbonyl (C=O) groups excluding carboxylic acids is 1. The molecule has 0 spiro atoms. The summed E-state index contributed by atoms with van der Waals surface area (Å²) in [5.74, 6) is 0.679. The van der Waals surface area contributed by atoms with E-state index in [4.69, 9.17) is 0 Å². The van der Waals surface area contributed by atoms with Gasteiger partial charge in [-0.15, -0.1) is 5.10 Å². The minimum absolute atomic E-state index is 0.0925. The van der Waals surface area contributed by atoms with Crippen molar-refractivity contribution in [2.45, 2.75) is 13.3 Å². The monoisotopic (exact) mass is 207 g/mol. The minimum atomic E-state index is -0.417. The summed E-state index contributed by atoms with van der Waals surface area (Å²) in [6.45, 7) is 1.92. The summed E-state index contributed by atoms with van der Waals surface area (Å²) in [7, 11) is 0. The molecule has 78 valence electrons. The van der Waals surface area contributed by atoms with Crippen LogP contribution in [0.5, 0.6) is 0 Å². The Bertz CT molecular complexity index is 447. The van der Waals surface area contributed by atoms with Gasteiger partial charge in [0, 0.05) is 12.5 Å². The van der Waals surface area contributed by atoms with Gasteiger partial charge in [0.25, 0.3) is 5.91 Å². The number of nitrogens with one attached hydrogen (secondary N) is 2. The van der Waals surface area contributed by atoms with Gasteiger partial charge in [-0.25, -0.2) is 4.98 Å². The molecule has 7 nitrogen and oxygen atoms in total. The molecule has 0 aliphatic heterocycles. The molecule has 2 aromatic heterocycles. The Kier molecular flexibility index (Phi) is 2.44. The molecule has 0 fully saturated rings. The molecule has 0 aromatic carbocycles. The summed E-state index contributed by atoms with van der Waals surface area (Å²) >= 11 is 0. The molecule has 0 aliphatic carbocycles. The van der Waals surface area contributed by atoms with E-state index in [1.54, 1.807) is 0 Å². The van der Waals surface area contributed by atoms with Gasteiger partial charge in [-0.05, 0) is 0 Å². The predicted molar refractivity (Wildman–Crippen MR) is 50.2 cm³/mol. The Balaban J connectivity index is 2.08. The van der Waals surface area contributed by atoms with Gasteiger partial charge in [-0.1, -0.05) is 12.1 Å². The SMILES string of the molecule is CCc1nc(C(=O)Nc2ccon2)n[nH]1. The maximum absolute atomic E-state index is 11.5. The van der Waals surface area contributed by atoms with Gasteiger partial charge in [0.15, 0.2) is 5.82 Å². The average Bonchev–Trinajstić information content (AvgIpc) is 2.86. The second kappa shape index (κ2) is 3.91. The van der Waals surface area contributed by atoms with Crippen LogP contribution in [0.3, 0.4) is 0 Å². The van der Waals surface area contributed by atoms with Crippen molar-refractivity contribution < 1.29 is 9.32 Å². The number of nitrogens with zero attached hydrogens (tertiary/aromatic N) is 3. The third-order valence-corrected chi connectivity index (χ3v) is 1.75. The molecular weight excluding hydrogens is 198 g/mol. The average molecular weight is 207 g/mol. The maximum atomic E-state index is 11.5. The summed E-state index contributed by atoms with van der Waals surface area (Å²) in [6.07, 6.45) is 2.06. The van der Waals surface area contributed by atoms with Crippen LogP contribution in [-0.4, -0.2) is 26.2 Å². The van der Waals surface area contributed by atoms with Crippen LogP contribution in [0.4, 0.5) is 5.82 Å². The van der Waals surface area contributed by atoms with Crippen molar-refractivity contribution in [3.05, 3.63) is 24.0 Å². The van der Waals surface area contributed by atoms with Crippen LogP contribution in [0.2, 0.25) is 0 Å². The number of rotatable bonds is 3. The van der Waals surface area contributed by atoms with Crippen LogP contribution in [-0.2, 0) is 6.42 Å². The Hall–Kier alpha value is -2.18. The number of H-pyrrole nitrogens is 1. The lowest BCUT2D eigenvalue weighted by Gasteiger charge is -1.94. The first-order valence-electron chi connectivity index (χ1n) is 4.42. The number of hydrogen-bond acceptors (Lipinski definition) is 5. The second-order valence-electron chi connectivity index (χ2n) is 2.80. The van der Waals surface area contributed by atoms with E-state index >= 15 is 0 Å². The van der Waals surface area contributed by atoms with E-state index in [0.29, 0.717) is 18.1 Å². The van der Waals surface area contributed by atoms with Crippen molar-refractivity contribution in [2.24, 2.45) is 0 Å². The molecule has 2 aromatic rings. The van der Waals surface area contributed by atoms with Crippen molar-refractivity contribution in [1.82, 2.24) is 20.3 Å². The first kappa shape index (κ1) is 9.38. The van der Waals surface area contributed by atoms with Crippen molar-refractivity contribution in [3.8, 4) is 0 Å². The second-order valence-corrected chi connectivity index (χ2v) is 2.80. The number of aryl methyl sites for hydroxylation is 1. The highest BCUT2D eigenvalue weighted by Crippen LogP contribution is 2.03. The van der Waals surface area contributed by atoms with Crippen LogP contribution >= 0.6 is 0 Å². The largest absolute Gasteiger partial charge is 0.363 e. The van der Waals surface area contributed by atoms with Gasteiger partial charge in [-0.3, -0.25) is 9.89 Å². The Morgan fingerprint density at radius 1 is 1.67 bits per heavy atom. The topological polar surface area (TPSA) is 96.7 Å². The number of carbonyl (C=O) groups is 1. The van der Waals surface area contributed by atoms with E-state index in [1.165, 1.54) is 12.3 Å². The molecule has 15 heavy (non-hydrogen) atoms. The molecule has 2 rings (SSSR count). The lowest BCUT2D eigenvalue weighted by molar-refractivity contribution is 0.101. The molecular formula is C8H9N5O2. The number of anilines is 1. The van der Waals surface area contributed by atoms with E-state index < -0.39 is 5.91 Å². The van der Waals surface area contributed by atoms with Crippen molar-refractivity contribution in [3.63, 3.8) is 0 Å². The fourth-order valence-corrected chi connectivity index (χ4v) is 1.00. The summed E-state index contributed by atoms with van der Waals surface area (Å²) in [5.41, 5.74) is 0. The zero-order valence-corrected chi connectivity index (χ0v) is 8.02. The molecule has 0 radical (unpaired) electrons. The minimum Gasteiger partial charge on any atom is -0.363 e. The van der Waals surface area contributed by atoms with Crippen molar-refractivity contribution in [1.29, 1.82) is 0 Å².